The van der Waals surface area contributed by atoms with Gasteiger partial charge in [0.15, 0.2) is 5.76 Å². The highest BCUT2D eigenvalue weighted by Gasteiger charge is 2.22. The summed E-state index contributed by atoms with van der Waals surface area (Å²) in [6.45, 7) is 3.41. The molecule has 0 fully saturated rings. The van der Waals surface area contributed by atoms with Crippen LogP contribution in [0.3, 0.4) is 0 Å². The lowest BCUT2D eigenvalue weighted by atomic mass is 10.1. The van der Waals surface area contributed by atoms with Crippen molar-refractivity contribution in [2.45, 2.75) is 25.3 Å². The van der Waals surface area contributed by atoms with Crippen LogP contribution < -0.4 is 19.8 Å². The summed E-state index contributed by atoms with van der Waals surface area (Å²) in [6, 6.07) is 14.7. The molecular formula is C24H24N4O6S. The van der Waals surface area contributed by atoms with E-state index < -0.39 is 10.0 Å². The van der Waals surface area contributed by atoms with Crippen LogP contribution >= 0.6 is 0 Å². The van der Waals surface area contributed by atoms with E-state index in [4.69, 9.17) is 14.0 Å². The van der Waals surface area contributed by atoms with Crippen LogP contribution in [0.5, 0.6) is 11.5 Å². The summed E-state index contributed by atoms with van der Waals surface area (Å²) in [4.78, 5) is 12.4. The molecule has 2 aromatic carbocycles. The Bertz CT molecular complexity index is 1520. The number of benzene rings is 2. The van der Waals surface area contributed by atoms with Crippen LogP contribution in [0.15, 0.2) is 68.8 Å². The predicted octanol–water partition coefficient (Wildman–Crippen LogP) is 3.00. The first-order chi connectivity index (χ1) is 16.7. The van der Waals surface area contributed by atoms with Crippen LogP contribution in [0.2, 0.25) is 0 Å². The van der Waals surface area contributed by atoms with E-state index >= 15 is 0 Å². The highest BCUT2D eigenvalue weighted by atomic mass is 32.2. The van der Waals surface area contributed by atoms with Crippen molar-refractivity contribution in [1.82, 2.24) is 19.7 Å². The van der Waals surface area contributed by atoms with Crippen LogP contribution in [0.1, 0.15) is 17.0 Å². The molecule has 182 valence electrons. The summed E-state index contributed by atoms with van der Waals surface area (Å²) in [5.41, 5.74) is 2.12. The molecule has 0 saturated carbocycles. The van der Waals surface area contributed by atoms with E-state index in [1.165, 1.54) is 37.1 Å². The summed E-state index contributed by atoms with van der Waals surface area (Å²) < 4.78 is 46.0. The number of ether oxygens (including phenoxy) is 2. The van der Waals surface area contributed by atoms with Gasteiger partial charge in [0.1, 0.15) is 27.8 Å². The minimum atomic E-state index is -3.98. The number of aromatic nitrogens is 3. The zero-order valence-electron chi connectivity index (χ0n) is 19.6. The van der Waals surface area contributed by atoms with Gasteiger partial charge in [0.05, 0.1) is 19.9 Å². The molecular weight excluding hydrogens is 472 g/mol. The molecule has 1 N–H and O–H groups in total. The zero-order chi connectivity index (χ0) is 25.2. The molecule has 0 spiro atoms. The molecule has 2 heterocycles. The van der Waals surface area contributed by atoms with Crippen molar-refractivity contribution >= 4 is 10.0 Å². The first-order valence-electron chi connectivity index (χ1n) is 10.6. The number of aryl methyl sites for hydroxylation is 2. The van der Waals surface area contributed by atoms with Gasteiger partial charge in [0.25, 0.3) is 5.56 Å². The Balaban J connectivity index is 1.73. The minimum Gasteiger partial charge on any atom is -0.496 e. The molecule has 0 aliphatic rings. The largest absolute Gasteiger partial charge is 0.496 e. The number of sulfonamides is 1. The molecule has 4 aromatic rings. The Morgan fingerprint density at radius 2 is 1.74 bits per heavy atom. The summed E-state index contributed by atoms with van der Waals surface area (Å²) in [5, 5.41) is 8.31. The molecule has 0 amide bonds. The van der Waals surface area contributed by atoms with E-state index in [0.717, 1.165) is 0 Å². The van der Waals surface area contributed by atoms with Gasteiger partial charge < -0.3 is 14.0 Å². The summed E-state index contributed by atoms with van der Waals surface area (Å²) in [6.07, 6.45) is 0. The molecule has 35 heavy (non-hydrogen) atoms. The van der Waals surface area contributed by atoms with Crippen LogP contribution in [-0.2, 0) is 16.6 Å². The molecule has 0 saturated heterocycles. The Labute approximate surface area is 202 Å². The van der Waals surface area contributed by atoms with Gasteiger partial charge in [0, 0.05) is 23.7 Å². The van der Waals surface area contributed by atoms with E-state index in [1.807, 2.05) is 0 Å². The van der Waals surface area contributed by atoms with E-state index in [-0.39, 0.29) is 22.7 Å². The van der Waals surface area contributed by atoms with Crippen LogP contribution in [0.25, 0.3) is 16.9 Å². The fourth-order valence-electron chi connectivity index (χ4n) is 3.65. The smallest absolute Gasteiger partial charge is 0.271 e. The van der Waals surface area contributed by atoms with Gasteiger partial charge in [-0.1, -0.05) is 23.4 Å². The van der Waals surface area contributed by atoms with Gasteiger partial charge in [-0.05, 0) is 44.2 Å². The standard InChI is InChI=1S/C24H24N4O6S/c1-15-24(16(2)34-27-15)28-23(29)12-10-19(26-28)17-9-11-21(33-4)22(13-17)35(30,31)25-14-18-7-5-6-8-20(18)32-3/h5-13,25H,14H2,1-4H3. The zero-order valence-corrected chi connectivity index (χ0v) is 20.4. The fourth-order valence-corrected chi connectivity index (χ4v) is 4.85. The Morgan fingerprint density at radius 1 is 1.00 bits per heavy atom. The molecule has 0 aliphatic carbocycles. The van der Waals surface area contributed by atoms with Crippen LogP contribution in [-0.4, -0.2) is 37.6 Å². The molecule has 10 nitrogen and oxygen atoms in total. The number of nitrogens with one attached hydrogen (secondary N) is 1. The van der Waals surface area contributed by atoms with Crippen molar-refractivity contribution in [2.75, 3.05) is 14.2 Å². The number of methoxy groups -OCH3 is 2. The Kier molecular flexibility index (Phi) is 6.72. The van der Waals surface area contributed by atoms with Crippen molar-refractivity contribution in [3.8, 4) is 28.4 Å². The molecule has 11 heteroatoms. The molecule has 0 unspecified atom stereocenters. The number of nitrogens with zero attached hydrogens (tertiary/aromatic N) is 3. The average molecular weight is 497 g/mol. The molecule has 0 radical (unpaired) electrons. The van der Waals surface area contributed by atoms with E-state index in [1.54, 1.807) is 50.2 Å². The monoisotopic (exact) mass is 496 g/mol. The molecule has 4 rings (SSSR count). The Hall–Kier alpha value is -3.96. The summed E-state index contributed by atoms with van der Waals surface area (Å²) in [7, 11) is -1.07. The summed E-state index contributed by atoms with van der Waals surface area (Å²) >= 11 is 0. The third-order valence-electron chi connectivity index (χ3n) is 5.40. The second-order valence-electron chi connectivity index (χ2n) is 7.64. The maximum atomic E-state index is 13.2. The van der Waals surface area contributed by atoms with Gasteiger partial charge in [0.2, 0.25) is 10.0 Å². The highest BCUT2D eigenvalue weighted by Crippen LogP contribution is 2.30. The topological polar surface area (TPSA) is 126 Å². The number of para-hydroxylation sites is 1. The maximum absolute atomic E-state index is 13.2. The third kappa shape index (κ3) is 4.81. The molecule has 0 bridgehead atoms. The number of hydrogen-bond donors (Lipinski definition) is 1. The predicted molar refractivity (Wildman–Crippen MR) is 128 cm³/mol. The first kappa shape index (κ1) is 24.2. The quantitative estimate of drug-likeness (QED) is 0.395. The van der Waals surface area contributed by atoms with Gasteiger partial charge in [-0.25, -0.2) is 13.1 Å². The van der Waals surface area contributed by atoms with E-state index in [9.17, 15) is 13.2 Å². The number of rotatable bonds is 8. The fraction of sp³-hybridized carbons (Fsp3) is 0.208. The maximum Gasteiger partial charge on any atom is 0.271 e. The lowest BCUT2D eigenvalue weighted by Crippen LogP contribution is -2.24. The lowest BCUT2D eigenvalue weighted by molar-refractivity contribution is 0.392. The SMILES string of the molecule is COc1ccccc1CNS(=O)(=O)c1cc(-c2ccc(=O)n(-c3c(C)noc3C)n2)ccc1OC. The molecule has 0 atom stereocenters. The van der Waals surface area contributed by atoms with Gasteiger partial charge in [-0.2, -0.15) is 9.78 Å². The summed E-state index contributed by atoms with van der Waals surface area (Å²) in [5.74, 6) is 1.18. The van der Waals surface area contributed by atoms with Gasteiger partial charge >= 0.3 is 0 Å². The lowest BCUT2D eigenvalue weighted by Gasteiger charge is -2.14. The average Bonchev–Trinajstić information content (AvgIpc) is 3.20. The molecule has 0 aliphatic heterocycles. The number of hydrogen-bond acceptors (Lipinski definition) is 8. The van der Waals surface area contributed by atoms with Gasteiger partial charge in [-0.3, -0.25) is 4.79 Å². The van der Waals surface area contributed by atoms with Crippen molar-refractivity contribution < 1.29 is 22.4 Å². The molecule has 2 aromatic heterocycles. The Morgan fingerprint density at radius 3 is 2.43 bits per heavy atom. The van der Waals surface area contributed by atoms with Crippen molar-refractivity contribution in [3.05, 3.63) is 82.0 Å². The van der Waals surface area contributed by atoms with Crippen molar-refractivity contribution in [1.29, 1.82) is 0 Å². The second kappa shape index (κ2) is 9.72. The second-order valence-corrected chi connectivity index (χ2v) is 9.38. The van der Waals surface area contributed by atoms with E-state index in [0.29, 0.717) is 39.7 Å². The highest BCUT2D eigenvalue weighted by molar-refractivity contribution is 7.89. The first-order valence-corrected chi connectivity index (χ1v) is 12.1. The van der Waals surface area contributed by atoms with Crippen molar-refractivity contribution in [3.63, 3.8) is 0 Å². The van der Waals surface area contributed by atoms with Gasteiger partial charge in [-0.15, -0.1) is 0 Å². The van der Waals surface area contributed by atoms with E-state index in [2.05, 4.69) is 15.0 Å². The minimum absolute atomic E-state index is 0.0227. The normalized spacial score (nSPS) is 11.4. The van der Waals surface area contributed by atoms with Crippen molar-refractivity contribution in [2.24, 2.45) is 0 Å². The third-order valence-corrected chi connectivity index (χ3v) is 6.82. The van der Waals surface area contributed by atoms with Crippen LogP contribution in [0.4, 0.5) is 0 Å². The van der Waals surface area contributed by atoms with Crippen LogP contribution in [0, 0.1) is 13.8 Å².